The smallest absolute Gasteiger partial charge is 0.128 e. The zero-order chi connectivity index (χ0) is 31.8. The van der Waals surface area contributed by atoms with Gasteiger partial charge in [0.1, 0.15) is 18.3 Å². The lowest BCUT2D eigenvalue weighted by atomic mass is 9.53. The molecule has 1 spiro atoms. The number of likely N-dealkylation sites (N-methyl/N-ethyl adjacent to an activating group) is 1. The van der Waals surface area contributed by atoms with Gasteiger partial charge in [-0.1, -0.05) is 37.3 Å². The van der Waals surface area contributed by atoms with E-state index in [9.17, 15) is 10.2 Å². The molecule has 1 saturated carbocycles. The number of fused-ring (bicyclic) bond motifs is 9. The monoisotopic (exact) mass is 625 g/mol. The second-order valence-corrected chi connectivity index (χ2v) is 14.8. The number of aliphatic hydroxyl groups excluding tert-OH is 2. The summed E-state index contributed by atoms with van der Waals surface area (Å²) in [6.45, 7) is 4.33. The molecule has 238 valence electrons. The number of aliphatic hydroxyl groups is 2. The van der Waals surface area contributed by atoms with E-state index in [-0.39, 0.29) is 29.9 Å². The first-order valence-electron chi connectivity index (χ1n) is 17.2. The summed E-state index contributed by atoms with van der Waals surface area (Å²) < 4.78 is 8.97. The lowest BCUT2D eigenvalue weighted by Gasteiger charge is -2.59. The molecule has 1 aromatic heterocycles. The summed E-state index contributed by atoms with van der Waals surface area (Å²) in [4.78, 5) is 7.69. The molecule has 0 radical (unpaired) electrons. The number of quaternary nitrogens is 1. The van der Waals surface area contributed by atoms with Crippen LogP contribution in [0.25, 0.3) is 33.3 Å². The highest BCUT2D eigenvalue weighted by Gasteiger charge is 2.73. The first-order valence-corrected chi connectivity index (χ1v) is 17.2. The van der Waals surface area contributed by atoms with Crippen LogP contribution in [0.2, 0.25) is 0 Å². The molecule has 3 fully saturated rings. The third-order valence-electron chi connectivity index (χ3n) is 13.1. The van der Waals surface area contributed by atoms with Crippen LogP contribution in [0, 0.1) is 11.8 Å². The number of hydrogen-bond acceptors (Lipinski definition) is 5. The molecular weight excluding hydrogens is 584 g/mol. The van der Waals surface area contributed by atoms with Crippen LogP contribution in [0.1, 0.15) is 36.5 Å². The predicted octanol–water partition coefficient (Wildman–Crippen LogP) is 5.79. The van der Waals surface area contributed by atoms with Crippen LogP contribution in [0.4, 0.5) is 5.69 Å². The van der Waals surface area contributed by atoms with Gasteiger partial charge in [-0.05, 0) is 64.9 Å². The maximum atomic E-state index is 12.8. The lowest BCUT2D eigenvalue weighted by molar-refractivity contribution is -0.925. The van der Waals surface area contributed by atoms with Gasteiger partial charge in [-0.3, -0.25) is 0 Å². The summed E-state index contributed by atoms with van der Waals surface area (Å²) in [5.74, 6) is 1.08. The van der Waals surface area contributed by atoms with Gasteiger partial charge in [0.15, 0.2) is 0 Å². The van der Waals surface area contributed by atoms with Gasteiger partial charge < -0.3 is 28.7 Å². The summed E-state index contributed by atoms with van der Waals surface area (Å²) in [5.41, 5.74) is 11.4. The van der Waals surface area contributed by atoms with Gasteiger partial charge in [0.05, 0.1) is 67.0 Å². The summed E-state index contributed by atoms with van der Waals surface area (Å²) >= 11 is 0. The van der Waals surface area contributed by atoms with E-state index < -0.39 is 6.10 Å². The van der Waals surface area contributed by atoms with Crippen molar-refractivity contribution in [1.82, 2.24) is 9.38 Å². The number of hydrogen-bond donors (Lipinski definition) is 2. The van der Waals surface area contributed by atoms with Crippen LogP contribution in [-0.4, -0.2) is 76.1 Å². The number of ether oxygens (including phenoxy) is 1. The van der Waals surface area contributed by atoms with Crippen molar-refractivity contribution in [3.05, 3.63) is 102 Å². The average Bonchev–Trinajstić information content (AvgIpc) is 3.73. The van der Waals surface area contributed by atoms with E-state index in [0.717, 1.165) is 81.4 Å². The zero-order valence-corrected chi connectivity index (χ0v) is 27.2. The SMILES string of the molecule is CCc1cn2ccc3c4c(OC)cccc4nc-3c2cc1C1=CN2c3ccccc3[C@]34CC[N@@+]5(C)C/C(=C/CO)[C@H](C[C@@H]35)[C@@H]([C@@H]1O)[C@H]24. The molecule has 7 nitrogen and oxygen atoms in total. The van der Waals surface area contributed by atoms with Gasteiger partial charge in [-0.15, -0.1) is 0 Å². The largest absolute Gasteiger partial charge is 0.496 e. The fourth-order valence-corrected chi connectivity index (χ4v) is 11.2. The minimum Gasteiger partial charge on any atom is -0.496 e. The molecule has 3 aromatic rings. The Labute approximate surface area is 275 Å². The maximum absolute atomic E-state index is 12.8. The van der Waals surface area contributed by atoms with Crippen LogP contribution in [0.5, 0.6) is 5.75 Å². The van der Waals surface area contributed by atoms with Crippen LogP contribution in [0.3, 0.4) is 0 Å². The predicted molar refractivity (Wildman–Crippen MR) is 185 cm³/mol. The molecule has 6 aliphatic heterocycles. The van der Waals surface area contributed by atoms with Gasteiger partial charge >= 0.3 is 0 Å². The van der Waals surface area contributed by atoms with Crippen molar-refractivity contribution in [2.45, 2.75) is 49.8 Å². The van der Waals surface area contributed by atoms with Crippen molar-refractivity contribution in [1.29, 1.82) is 0 Å². The molecular formula is C40H41N4O3+. The van der Waals surface area contributed by atoms with E-state index in [1.807, 2.05) is 12.1 Å². The molecule has 0 unspecified atom stereocenters. The zero-order valence-electron chi connectivity index (χ0n) is 27.2. The molecule has 2 saturated heterocycles. The Balaban J connectivity index is 1.21. The highest BCUT2D eigenvalue weighted by molar-refractivity contribution is 6.05. The normalized spacial score (nSPS) is 32.7. The Hall–Kier alpha value is -4.17. The van der Waals surface area contributed by atoms with Crippen molar-refractivity contribution in [3.8, 4) is 17.0 Å². The summed E-state index contributed by atoms with van der Waals surface area (Å²) in [7, 11) is 4.15. The van der Waals surface area contributed by atoms with E-state index in [1.165, 1.54) is 22.4 Å². The average molecular weight is 626 g/mol. The van der Waals surface area contributed by atoms with Crippen LogP contribution >= 0.6 is 0 Å². The molecule has 7 atom stereocenters. The maximum Gasteiger partial charge on any atom is 0.128 e. The number of aromatic nitrogens is 2. The van der Waals surface area contributed by atoms with Crippen molar-refractivity contribution in [3.63, 3.8) is 0 Å². The molecule has 7 aliphatic rings. The quantitative estimate of drug-likeness (QED) is 0.196. The number of nitrogens with zero attached hydrogens (tertiary/aromatic N) is 4. The van der Waals surface area contributed by atoms with E-state index in [4.69, 9.17) is 9.72 Å². The fraction of sp³-hybridized carbons (Fsp3) is 0.375. The van der Waals surface area contributed by atoms with E-state index in [0.29, 0.717) is 6.04 Å². The number of para-hydroxylation sites is 1. The van der Waals surface area contributed by atoms with Crippen molar-refractivity contribution in [2.24, 2.45) is 11.8 Å². The van der Waals surface area contributed by atoms with Crippen molar-refractivity contribution < 1.29 is 19.4 Å². The summed E-state index contributed by atoms with van der Waals surface area (Å²) in [5, 5.41) is 24.0. The molecule has 2 aromatic carbocycles. The number of anilines is 1. The highest BCUT2D eigenvalue weighted by Crippen LogP contribution is 2.67. The third-order valence-corrected chi connectivity index (χ3v) is 13.1. The first-order chi connectivity index (χ1) is 22.9. The molecule has 1 aliphatic carbocycles. The van der Waals surface area contributed by atoms with Crippen molar-refractivity contribution in [2.75, 3.05) is 38.8 Å². The molecule has 10 rings (SSSR count). The van der Waals surface area contributed by atoms with Crippen molar-refractivity contribution >= 4 is 27.7 Å². The minimum atomic E-state index is -0.633. The van der Waals surface area contributed by atoms with E-state index >= 15 is 0 Å². The molecule has 47 heavy (non-hydrogen) atoms. The second-order valence-electron chi connectivity index (χ2n) is 14.8. The Kier molecular flexibility index (Phi) is 5.62. The van der Waals surface area contributed by atoms with E-state index in [1.54, 1.807) is 7.11 Å². The topological polar surface area (TPSA) is 70.2 Å². The van der Waals surface area contributed by atoms with Crippen LogP contribution in [0.15, 0.2) is 84.8 Å². The summed E-state index contributed by atoms with van der Waals surface area (Å²) in [6, 6.07) is 20.2. The first kappa shape index (κ1) is 27.9. The Morgan fingerprint density at radius 1 is 1.13 bits per heavy atom. The minimum absolute atomic E-state index is 0.0115. The van der Waals surface area contributed by atoms with Gasteiger partial charge in [-0.2, -0.15) is 0 Å². The van der Waals surface area contributed by atoms with Gasteiger partial charge in [-0.25, -0.2) is 4.98 Å². The number of aryl methyl sites for hydroxylation is 1. The lowest BCUT2D eigenvalue weighted by Crippen LogP contribution is -2.70. The van der Waals surface area contributed by atoms with Crippen LogP contribution < -0.4 is 9.64 Å². The fourth-order valence-electron chi connectivity index (χ4n) is 11.2. The molecule has 2 bridgehead atoms. The Morgan fingerprint density at radius 3 is 2.83 bits per heavy atom. The van der Waals surface area contributed by atoms with Gasteiger partial charge in [0.25, 0.3) is 0 Å². The third kappa shape index (κ3) is 3.35. The number of rotatable bonds is 4. The molecule has 7 heterocycles. The van der Waals surface area contributed by atoms with Gasteiger partial charge in [0, 0.05) is 54.2 Å². The van der Waals surface area contributed by atoms with Gasteiger partial charge in [0.2, 0.25) is 0 Å². The Bertz CT molecular complexity index is 2170. The summed E-state index contributed by atoms with van der Waals surface area (Å²) in [6.07, 6.45) is 11.1. The second kappa shape index (κ2) is 9.47. The number of pyridine rings is 2. The van der Waals surface area contributed by atoms with Crippen LogP contribution in [-0.2, 0) is 11.8 Å². The highest BCUT2D eigenvalue weighted by atomic mass is 16.5. The Morgan fingerprint density at radius 2 is 2.00 bits per heavy atom. The number of methoxy groups -OCH3 is 1. The van der Waals surface area contributed by atoms with E-state index in [2.05, 4.69) is 90.4 Å². The standard InChI is InChI=1S/C40H41N4O3/c1-4-23-20-42-15-12-25-35-30(9-7-11-33(35)47-3)41-37(25)32(42)18-26(23)28-21-43-31-10-6-5-8-29(31)40-14-16-44(2)22-24(13-17-45)27(19-34(40)44)36(38(28)46)39(40)43/h5-13,15,18,20-21,27,34,36,38-39,45-46H,4,14,16-17,19,22H2,1-3H3/q+1/b24-13-/t27-,34-,36-,38+,39-,40+,44-/m0/s1. The molecule has 0 amide bonds. The molecule has 7 heteroatoms. The molecule has 2 N–H and O–H groups in total. The number of piperidine rings is 1. The number of benzene rings is 2.